The Hall–Kier alpha value is -1.84. The Bertz CT molecular complexity index is 513. The molecule has 1 aromatic rings. The van der Waals surface area contributed by atoms with Gasteiger partial charge >= 0.3 is 5.97 Å². The zero-order valence-corrected chi connectivity index (χ0v) is 12.5. The van der Waals surface area contributed by atoms with Gasteiger partial charge in [0.2, 0.25) is 5.91 Å². The largest absolute Gasteiger partial charge is 0.481 e. The van der Waals surface area contributed by atoms with Crippen molar-refractivity contribution >= 4 is 11.9 Å². The van der Waals surface area contributed by atoms with E-state index in [1.54, 1.807) is 0 Å². The van der Waals surface area contributed by atoms with E-state index in [1.807, 2.05) is 31.2 Å². The first-order valence-electron chi connectivity index (χ1n) is 7.62. The van der Waals surface area contributed by atoms with Gasteiger partial charge in [0, 0.05) is 6.54 Å². The average Bonchev–Trinajstić information content (AvgIpc) is 2.48. The first-order chi connectivity index (χ1) is 10.1. The van der Waals surface area contributed by atoms with Gasteiger partial charge < -0.3 is 10.4 Å². The van der Waals surface area contributed by atoms with Gasteiger partial charge in [0.1, 0.15) is 0 Å². The molecule has 1 fully saturated rings. The molecule has 2 unspecified atom stereocenters. The van der Waals surface area contributed by atoms with E-state index >= 15 is 0 Å². The van der Waals surface area contributed by atoms with Crippen molar-refractivity contribution in [2.24, 2.45) is 11.8 Å². The molecule has 21 heavy (non-hydrogen) atoms. The monoisotopic (exact) mass is 289 g/mol. The molecular weight excluding hydrogens is 266 g/mol. The third-order valence-corrected chi connectivity index (χ3v) is 4.40. The lowest BCUT2D eigenvalue weighted by Gasteiger charge is -2.28. The standard InChI is InChI=1S/C17H23NO3/c1-12-6-2-3-7-13(12)10-16(19)18-11-14-8-4-5-9-15(14)17(20)21/h2-3,6-7,14-15H,4-5,8-11H2,1H3,(H,18,19)(H,20,21). The maximum absolute atomic E-state index is 12.0. The Labute approximate surface area is 125 Å². The van der Waals surface area contributed by atoms with Crippen molar-refractivity contribution in [2.45, 2.75) is 39.0 Å². The second-order valence-electron chi connectivity index (χ2n) is 5.90. The van der Waals surface area contributed by atoms with E-state index in [1.165, 1.54) is 0 Å². The molecule has 1 amide bonds. The average molecular weight is 289 g/mol. The number of aryl methyl sites for hydroxylation is 1. The Morgan fingerprint density at radius 1 is 1.24 bits per heavy atom. The minimum Gasteiger partial charge on any atom is -0.481 e. The number of benzene rings is 1. The summed E-state index contributed by atoms with van der Waals surface area (Å²) in [7, 11) is 0. The smallest absolute Gasteiger partial charge is 0.306 e. The summed E-state index contributed by atoms with van der Waals surface area (Å²) in [6.45, 7) is 2.46. The van der Waals surface area contributed by atoms with Gasteiger partial charge in [-0.3, -0.25) is 9.59 Å². The highest BCUT2D eigenvalue weighted by atomic mass is 16.4. The van der Waals surface area contributed by atoms with Crippen molar-refractivity contribution in [3.63, 3.8) is 0 Å². The van der Waals surface area contributed by atoms with Gasteiger partial charge in [-0.1, -0.05) is 37.1 Å². The SMILES string of the molecule is Cc1ccccc1CC(=O)NCC1CCCCC1C(=O)O. The Balaban J connectivity index is 1.86. The molecule has 1 aromatic carbocycles. The summed E-state index contributed by atoms with van der Waals surface area (Å²) in [6.07, 6.45) is 4.01. The van der Waals surface area contributed by atoms with Gasteiger partial charge in [0.25, 0.3) is 0 Å². The number of carboxylic acids is 1. The number of rotatable bonds is 5. The van der Waals surface area contributed by atoms with Crippen molar-refractivity contribution < 1.29 is 14.7 Å². The number of aliphatic carboxylic acids is 1. The zero-order chi connectivity index (χ0) is 15.2. The molecule has 0 aromatic heterocycles. The number of amides is 1. The van der Waals surface area contributed by atoms with Crippen molar-refractivity contribution in [1.82, 2.24) is 5.32 Å². The highest BCUT2D eigenvalue weighted by Crippen LogP contribution is 2.29. The summed E-state index contributed by atoms with van der Waals surface area (Å²) in [4.78, 5) is 23.3. The quantitative estimate of drug-likeness (QED) is 0.875. The van der Waals surface area contributed by atoms with Crippen molar-refractivity contribution in [3.8, 4) is 0 Å². The molecule has 4 nitrogen and oxygen atoms in total. The fraction of sp³-hybridized carbons (Fsp3) is 0.529. The normalized spacial score (nSPS) is 21.8. The van der Waals surface area contributed by atoms with E-state index in [4.69, 9.17) is 0 Å². The van der Waals surface area contributed by atoms with Gasteiger partial charge in [-0.15, -0.1) is 0 Å². The first-order valence-corrected chi connectivity index (χ1v) is 7.62. The number of hydrogen-bond donors (Lipinski definition) is 2. The summed E-state index contributed by atoms with van der Waals surface area (Å²) < 4.78 is 0. The molecule has 0 heterocycles. The van der Waals surface area contributed by atoms with Gasteiger partial charge in [-0.2, -0.15) is 0 Å². The lowest BCUT2D eigenvalue weighted by molar-refractivity contribution is -0.145. The molecule has 1 aliphatic carbocycles. The summed E-state index contributed by atoms with van der Waals surface area (Å²) in [5.41, 5.74) is 2.13. The van der Waals surface area contributed by atoms with Crippen LogP contribution in [0.25, 0.3) is 0 Å². The molecule has 2 rings (SSSR count). The summed E-state index contributed by atoms with van der Waals surface area (Å²) >= 11 is 0. The van der Waals surface area contributed by atoms with E-state index in [2.05, 4.69) is 5.32 Å². The molecule has 0 saturated heterocycles. The maximum atomic E-state index is 12.0. The van der Waals surface area contributed by atoms with E-state index in [9.17, 15) is 14.7 Å². The molecule has 114 valence electrons. The Kier molecular flexibility index (Phi) is 5.37. The minimum atomic E-state index is -0.729. The van der Waals surface area contributed by atoms with Crippen LogP contribution in [0.4, 0.5) is 0 Å². The number of nitrogens with one attached hydrogen (secondary N) is 1. The molecule has 2 N–H and O–H groups in total. The molecular formula is C17H23NO3. The van der Waals surface area contributed by atoms with Crippen LogP contribution in [-0.2, 0) is 16.0 Å². The summed E-state index contributed by atoms with van der Waals surface area (Å²) in [5.74, 6) is -0.999. The number of carbonyl (C=O) groups is 2. The maximum Gasteiger partial charge on any atom is 0.306 e. The summed E-state index contributed by atoms with van der Waals surface area (Å²) in [6, 6.07) is 7.83. The van der Waals surface area contributed by atoms with Crippen LogP contribution in [0.3, 0.4) is 0 Å². The molecule has 1 aliphatic rings. The fourth-order valence-corrected chi connectivity index (χ4v) is 3.07. The highest BCUT2D eigenvalue weighted by Gasteiger charge is 2.30. The van der Waals surface area contributed by atoms with Crippen LogP contribution in [0.2, 0.25) is 0 Å². The van der Waals surface area contributed by atoms with E-state index in [0.717, 1.165) is 36.8 Å². The number of hydrogen-bond acceptors (Lipinski definition) is 2. The molecule has 0 radical (unpaired) electrons. The zero-order valence-electron chi connectivity index (χ0n) is 12.5. The first kappa shape index (κ1) is 15.5. The third-order valence-electron chi connectivity index (χ3n) is 4.40. The molecule has 0 bridgehead atoms. The molecule has 2 atom stereocenters. The van der Waals surface area contributed by atoms with Crippen LogP contribution in [0.1, 0.15) is 36.8 Å². The van der Waals surface area contributed by atoms with Crippen molar-refractivity contribution in [3.05, 3.63) is 35.4 Å². The predicted molar refractivity (Wildman–Crippen MR) is 81.0 cm³/mol. The van der Waals surface area contributed by atoms with Gasteiger partial charge in [0.05, 0.1) is 12.3 Å². The lowest BCUT2D eigenvalue weighted by atomic mass is 9.79. The lowest BCUT2D eigenvalue weighted by Crippen LogP contribution is -2.37. The predicted octanol–water partition coefficient (Wildman–Crippen LogP) is 2.54. The number of carboxylic acid groups (broad SMARTS) is 1. The van der Waals surface area contributed by atoms with Crippen LogP contribution in [-0.4, -0.2) is 23.5 Å². The topological polar surface area (TPSA) is 66.4 Å². The molecule has 0 spiro atoms. The molecule has 4 heteroatoms. The third kappa shape index (κ3) is 4.31. The van der Waals surface area contributed by atoms with E-state index in [0.29, 0.717) is 13.0 Å². The van der Waals surface area contributed by atoms with Crippen molar-refractivity contribution in [1.29, 1.82) is 0 Å². The van der Waals surface area contributed by atoms with Crippen LogP contribution < -0.4 is 5.32 Å². The highest BCUT2D eigenvalue weighted by molar-refractivity contribution is 5.79. The van der Waals surface area contributed by atoms with E-state index in [-0.39, 0.29) is 17.7 Å². The number of carbonyl (C=O) groups excluding carboxylic acids is 1. The van der Waals surface area contributed by atoms with E-state index < -0.39 is 5.97 Å². The Morgan fingerprint density at radius 2 is 1.95 bits per heavy atom. The Morgan fingerprint density at radius 3 is 2.67 bits per heavy atom. The van der Waals surface area contributed by atoms with Gasteiger partial charge in [-0.05, 0) is 36.8 Å². The fourth-order valence-electron chi connectivity index (χ4n) is 3.07. The van der Waals surface area contributed by atoms with Crippen LogP contribution in [0, 0.1) is 18.8 Å². The van der Waals surface area contributed by atoms with Crippen molar-refractivity contribution in [2.75, 3.05) is 6.54 Å². The van der Waals surface area contributed by atoms with Crippen LogP contribution in [0.15, 0.2) is 24.3 Å². The summed E-state index contributed by atoms with van der Waals surface area (Å²) in [5, 5.41) is 12.1. The van der Waals surface area contributed by atoms with Gasteiger partial charge in [-0.25, -0.2) is 0 Å². The second kappa shape index (κ2) is 7.25. The second-order valence-corrected chi connectivity index (χ2v) is 5.90. The van der Waals surface area contributed by atoms with Gasteiger partial charge in [0.15, 0.2) is 0 Å². The molecule has 1 saturated carbocycles. The van der Waals surface area contributed by atoms with Crippen LogP contribution in [0.5, 0.6) is 0 Å². The minimum absolute atomic E-state index is 0.0287. The molecule has 0 aliphatic heterocycles. The van der Waals surface area contributed by atoms with Crippen LogP contribution >= 0.6 is 0 Å².